The molecule has 0 saturated carbocycles. The fraction of sp³-hybridized carbons (Fsp3) is 0.250. The summed E-state index contributed by atoms with van der Waals surface area (Å²) in [5.41, 5.74) is 2.58. The van der Waals surface area contributed by atoms with E-state index in [-0.39, 0.29) is 11.3 Å². The zero-order valence-electron chi connectivity index (χ0n) is 19.1. The van der Waals surface area contributed by atoms with Crippen LogP contribution in [-0.2, 0) is 20.3 Å². The van der Waals surface area contributed by atoms with Gasteiger partial charge in [-0.1, -0.05) is 74.0 Å². The zero-order valence-corrected chi connectivity index (χ0v) is 19.1. The molecule has 3 aromatic carbocycles. The van der Waals surface area contributed by atoms with E-state index in [0.717, 1.165) is 34.9 Å². The summed E-state index contributed by atoms with van der Waals surface area (Å²) >= 11 is 0. The second kappa shape index (κ2) is 10.7. The molecular formula is C28H29NO4. The Morgan fingerprint density at radius 1 is 0.758 bits per heavy atom. The van der Waals surface area contributed by atoms with Crippen molar-refractivity contribution >= 4 is 10.9 Å². The highest BCUT2D eigenvalue weighted by molar-refractivity contribution is 5.89. The lowest BCUT2D eigenvalue weighted by atomic mass is 10.1. The highest BCUT2D eigenvalue weighted by Crippen LogP contribution is 2.35. The molecule has 0 amide bonds. The standard InChI is InChI=1S/C28H29NO4/c1-3-4-17-31-26-24-16-15-23(32-19-21-11-7-5-8-12-21)18-25(24)29(2)28(30)27(26)33-20-22-13-9-6-10-14-22/h5-16,18H,3-4,17,19-20H2,1-2H3. The lowest BCUT2D eigenvalue weighted by Crippen LogP contribution is -2.21. The van der Waals surface area contributed by atoms with Crippen LogP contribution in [-0.4, -0.2) is 11.2 Å². The number of unbranched alkanes of at least 4 members (excludes halogenated alkanes) is 1. The summed E-state index contributed by atoms with van der Waals surface area (Å²) < 4.78 is 19.7. The summed E-state index contributed by atoms with van der Waals surface area (Å²) in [6.07, 6.45) is 1.90. The topological polar surface area (TPSA) is 49.7 Å². The van der Waals surface area contributed by atoms with E-state index < -0.39 is 0 Å². The van der Waals surface area contributed by atoms with Crippen molar-refractivity contribution in [3.05, 3.63) is 100 Å². The summed E-state index contributed by atoms with van der Waals surface area (Å²) in [4.78, 5) is 13.3. The van der Waals surface area contributed by atoms with Crippen LogP contribution in [0.15, 0.2) is 83.7 Å². The van der Waals surface area contributed by atoms with Gasteiger partial charge in [0, 0.05) is 18.5 Å². The number of ether oxygens (including phenoxy) is 3. The molecule has 1 aromatic heterocycles. The third-order valence-electron chi connectivity index (χ3n) is 5.50. The van der Waals surface area contributed by atoms with E-state index in [1.54, 1.807) is 11.6 Å². The highest BCUT2D eigenvalue weighted by atomic mass is 16.5. The number of rotatable bonds is 10. The smallest absolute Gasteiger partial charge is 0.297 e. The molecule has 4 aromatic rings. The van der Waals surface area contributed by atoms with Crippen LogP contribution in [0.2, 0.25) is 0 Å². The number of fused-ring (bicyclic) bond motifs is 1. The fourth-order valence-corrected chi connectivity index (χ4v) is 3.61. The van der Waals surface area contributed by atoms with Gasteiger partial charge in [0.1, 0.15) is 19.0 Å². The Morgan fingerprint density at radius 2 is 1.39 bits per heavy atom. The zero-order chi connectivity index (χ0) is 23.0. The molecule has 0 saturated heterocycles. The average Bonchev–Trinajstić information content (AvgIpc) is 2.86. The van der Waals surface area contributed by atoms with Crippen LogP contribution in [0.1, 0.15) is 30.9 Å². The number of aryl methyl sites for hydroxylation is 1. The first-order valence-electron chi connectivity index (χ1n) is 11.3. The molecule has 0 aliphatic heterocycles. The van der Waals surface area contributed by atoms with Crippen molar-refractivity contribution in [3.8, 4) is 17.2 Å². The van der Waals surface area contributed by atoms with E-state index in [0.29, 0.717) is 31.3 Å². The molecule has 0 unspecified atom stereocenters. The first kappa shape index (κ1) is 22.5. The molecule has 0 spiro atoms. The van der Waals surface area contributed by atoms with Gasteiger partial charge in [0.05, 0.1) is 12.1 Å². The molecule has 0 aliphatic rings. The Labute approximate surface area is 194 Å². The SMILES string of the molecule is CCCCOc1c(OCc2ccccc2)c(=O)n(C)c2cc(OCc3ccccc3)ccc12. The number of pyridine rings is 1. The summed E-state index contributed by atoms with van der Waals surface area (Å²) in [6.45, 7) is 3.38. The van der Waals surface area contributed by atoms with E-state index in [9.17, 15) is 4.79 Å². The van der Waals surface area contributed by atoms with Crippen molar-refractivity contribution in [2.75, 3.05) is 6.61 Å². The van der Waals surface area contributed by atoms with E-state index in [1.807, 2.05) is 78.9 Å². The van der Waals surface area contributed by atoms with E-state index in [4.69, 9.17) is 14.2 Å². The Hall–Kier alpha value is -3.73. The Balaban J connectivity index is 1.68. The maximum atomic E-state index is 13.3. The third kappa shape index (κ3) is 5.37. The predicted molar refractivity (Wildman–Crippen MR) is 131 cm³/mol. The van der Waals surface area contributed by atoms with Crippen LogP contribution >= 0.6 is 0 Å². The summed E-state index contributed by atoms with van der Waals surface area (Å²) in [7, 11) is 1.75. The van der Waals surface area contributed by atoms with Gasteiger partial charge in [-0.25, -0.2) is 0 Å². The van der Waals surface area contributed by atoms with Gasteiger partial charge in [-0.3, -0.25) is 4.79 Å². The lowest BCUT2D eigenvalue weighted by Gasteiger charge is -2.18. The number of aromatic nitrogens is 1. The lowest BCUT2D eigenvalue weighted by molar-refractivity contribution is 0.257. The highest BCUT2D eigenvalue weighted by Gasteiger charge is 2.19. The van der Waals surface area contributed by atoms with Gasteiger partial charge in [-0.05, 0) is 29.7 Å². The van der Waals surface area contributed by atoms with Gasteiger partial charge < -0.3 is 18.8 Å². The molecule has 0 atom stereocenters. The van der Waals surface area contributed by atoms with Crippen molar-refractivity contribution in [1.29, 1.82) is 0 Å². The van der Waals surface area contributed by atoms with Crippen molar-refractivity contribution in [1.82, 2.24) is 4.57 Å². The number of nitrogens with zero attached hydrogens (tertiary/aromatic N) is 1. The van der Waals surface area contributed by atoms with E-state index in [1.165, 1.54) is 0 Å². The van der Waals surface area contributed by atoms with Crippen molar-refractivity contribution in [2.45, 2.75) is 33.0 Å². The van der Waals surface area contributed by atoms with Crippen LogP contribution in [0, 0.1) is 0 Å². The minimum atomic E-state index is -0.231. The van der Waals surface area contributed by atoms with Gasteiger partial charge in [0.25, 0.3) is 5.56 Å². The van der Waals surface area contributed by atoms with Gasteiger partial charge in [0.15, 0.2) is 5.75 Å². The Morgan fingerprint density at radius 3 is 2.03 bits per heavy atom. The molecule has 33 heavy (non-hydrogen) atoms. The number of hydrogen-bond donors (Lipinski definition) is 0. The van der Waals surface area contributed by atoms with Crippen LogP contribution < -0.4 is 19.8 Å². The first-order chi connectivity index (χ1) is 16.2. The Bertz CT molecular complexity index is 1250. The molecular weight excluding hydrogens is 414 g/mol. The Kier molecular flexibility index (Phi) is 7.30. The monoisotopic (exact) mass is 443 g/mol. The fourth-order valence-electron chi connectivity index (χ4n) is 3.61. The second-order valence-electron chi connectivity index (χ2n) is 7.95. The number of benzene rings is 3. The molecule has 0 fully saturated rings. The van der Waals surface area contributed by atoms with Crippen LogP contribution in [0.25, 0.3) is 10.9 Å². The molecule has 5 heteroatoms. The van der Waals surface area contributed by atoms with Gasteiger partial charge in [-0.15, -0.1) is 0 Å². The van der Waals surface area contributed by atoms with E-state index >= 15 is 0 Å². The van der Waals surface area contributed by atoms with Crippen LogP contribution in [0.4, 0.5) is 0 Å². The van der Waals surface area contributed by atoms with E-state index in [2.05, 4.69) is 6.92 Å². The molecule has 0 aliphatic carbocycles. The molecule has 5 nitrogen and oxygen atoms in total. The molecule has 1 heterocycles. The summed E-state index contributed by atoms with van der Waals surface area (Å²) in [6, 6.07) is 25.5. The van der Waals surface area contributed by atoms with Gasteiger partial charge in [0.2, 0.25) is 5.75 Å². The van der Waals surface area contributed by atoms with Crippen molar-refractivity contribution < 1.29 is 14.2 Å². The second-order valence-corrected chi connectivity index (χ2v) is 7.95. The molecule has 0 N–H and O–H groups in total. The normalized spacial score (nSPS) is 10.8. The average molecular weight is 444 g/mol. The van der Waals surface area contributed by atoms with Gasteiger partial charge >= 0.3 is 0 Å². The molecule has 170 valence electrons. The quantitative estimate of drug-likeness (QED) is 0.287. The molecule has 0 bridgehead atoms. The maximum Gasteiger partial charge on any atom is 0.297 e. The van der Waals surface area contributed by atoms with Crippen molar-refractivity contribution in [2.24, 2.45) is 7.05 Å². The molecule has 0 radical (unpaired) electrons. The minimum Gasteiger partial charge on any atom is -0.489 e. The predicted octanol–water partition coefficient (Wildman–Crippen LogP) is 5.88. The third-order valence-corrected chi connectivity index (χ3v) is 5.50. The molecule has 4 rings (SSSR count). The minimum absolute atomic E-state index is 0.231. The van der Waals surface area contributed by atoms with Gasteiger partial charge in [-0.2, -0.15) is 0 Å². The largest absolute Gasteiger partial charge is 0.489 e. The first-order valence-corrected chi connectivity index (χ1v) is 11.3. The van der Waals surface area contributed by atoms with Crippen LogP contribution in [0.5, 0.6) is 17.2 Å². The summed E-state index contributed by atoms with van der Waals surface area (Å²) in [5.74, 6) is 1.42. The maximum absolute atomic E-state index is 13.3. The number of hydrogen-bond acceptors (Lipinski definition) is 4. The van der Waals surface area contributed by atoms with Crippen molar-refractivity contribution in [3.63, 3.8) is 0 Å². The summed E-state index contributed by atoms with van der Waals surface area (Å²) in [5, 5.41) is 0.823. The van der Waals surface area contributed by atoms with Crippen LogP contribution in [0.3, 0.4) is 0 Å².